The Kier molecular flexibility index (Phi) is 9.08. The second-order valence-corrected chi connectivity index (χ2v) is 8.91. The summed E-state index contributed by atoms with van der Waals surface area (Å²) in [4.78, 5) is 8.41. The van der Waals surface area contributed by atoms with Gasteiger partial charge in [-0.2, -0.15) is 0 Å². The van der Waals surface area contributed by atoms with Crippen molar-refractivity contribution in [2.24, 2.45) is 17.8 Å². The van der Waals surface area contributed by atoms with E-state index in [0.717, 1.165) is 24.2 Å². The highest BCUT2D eigenvalue weighted by Gasteiger charge is 2.24. The standard InChI is InChI=1S/C22H42N2/c1-8-10-11-14-22(6,7)20-16-23-21(24-20)15-19(18(5)9-2)13-12-17(3)4/h16-19H,8-15H2,1-7H3,(H,23,24). The number of aromatic amines is 1. The van der Waals surface area contributed by atoms with E-state index in [1.54, 1.807) is 0 Å². The van der Waals surface area contributed by atoms with Gasteiger partial charge in [0.05, 0.1) is 0 Å². The number of unbranched alkanes of at least 4 members (excludes halogenated alkanes) is 2. The Morgan fingerprint density at radius 2 is 1.79 bits per heavy atom. The summed E-state index contributed by atoms with van der Waals surface area (Å²) >= 11 is 0. The molecule has 0 aliphatic carbocycles. The highest BCUT2D eigenvalue weighted by atomic mass is 14.9. The number of rotatable bonds is 12. The van der Waals surface area contributed by atoms with Crippen molar-refractivity contribution in [3.63, 3.8) is 0 Å². The molecule has 0 aliphatic rings. The summed E-state index contributed by atoms with van der Waals surface area (Å²) in [6.07, 6.45) is 12.3. The molecule has 2 heteroatoms. The smallest absolute Gasteiger partial charge is 0.106 e. The first-order valence-corrected chi connectivity index (χ1v) is 10.3. The lowest BCUT2D eigenvalue weighted by molar-refractivity contribution is 0.299. The lowest BCUT2D eigenvalue weighted by Gasteiger charge is -2.24. The van der Waals surface area contributed by atoms with Gasteiger partial charge in [-0.3, -0.25) is 0 Å². The van der Waals surface area contributed by atoms with Crippen LogP contribution in [0.4, 0.5) is 0 Å². The molecule has 1 rings (SSSR count). The monoisotopic (exact) mass is 334 g/mol. The summed E-state index contributed by atoms with van der Waals surface area (Å²) in [7, 11) is 0. The molecule has 2 nitrogen and oxygen atoms in total. The largest absolute Gasteiger partial charge is 0.345 e. The van der Waals surface area contributed by atoms with Crippen molar-refractivity contribution in [2.45, 2.75) is 105 Å². The van der Waals surface area contributed by atoms with Crippen LogP contribution in [0.5, 0.6) is 0 Å². The second kappa shape index (κ2) is 10.3. The van der Waals surface area contributed by atoms with Gasteiger partial charge >= 0.3 is 0 Å². The fourth-order valence-electron chi connectivity index (χ4n) is 3.48. The van der Waals surface area contributed by atoms with Crippen molar-refractivity contribution in [1.82, 2.24) is 9.97 Å². The SMILES string of the molecule is CCCCCC(C)(C)c1cnc(CC(CCC(C)C)C(C)CC)[nH]1. The van der Waals surface area contributed by atoms with Crippen molar-refractivity contribution in [3.05, 3.63) is 17.7 Å². The molecule has 1 aromatic heterocycles. The van der Waals surface area contributed by atoms with Gasteiger partial charge in [-0.1, -0.05) is 80.6 Å². The predicted molar refractivity (Wildman–Crippen MR) is 106 cm³/mol. The summed E-state index contributed by atoms with van der Waals surface area (Å²) in [6, 6.07) is 0. The Morgan fingerprint density at radius 3 is 2.38 bits per heavy atom. The van der Waals surface area contributed by atoms with Crippen LogP contribution >= 0.6 is 0 Å². The van der Waals surface area contributed by atoms with Crippen molar-refractivity contribution in [1.29, 1.82) is 0 Å². The first-order chi connectivity index (χ1) is 11.3. The van der Waals surface area contributed by atoms with Crippen LogP contribution in [0.15, 0.2) is 6.20 Å². The highest BCUT2D eigenvalue weighted by molar-refractivity contribution is 5.13. The number of hydrogen-bond acceptors (Lipinski definition) is 1. The molecular weight excluding hydrogens is 292 g/mol. The average Bonchev–Trinajstić information content (AvgIpc) is 3.00. The van der Waals surface area contributed by atoms with E-state index in [0.29, 0.717) is 0 Å². The van der Waals surface area contributed by atoms with E-state index in [4.69, 9.17) is 4.98 Å². The molecule has 2 unspecified atom stereocenters. The summed E-state index contributed by atoms with van der Waals surface area (Å²) in [6.45, 7) is 16.4. The van der Waals surface area contributed by atoms with E-state index >= 15 is 0 Å². The van der Waals surface area contributed by atoms with Crippen LogP contribution in [0.2, 0.25) is 0 Å². The summed E-state index contributed by atoms with van der Waals surface area (Å²) in [5, 5.41) is 0. The van der Waals surface area contributed by atoms with Crippen LogP contribution in [0.25, 0.3) is 0 Å². The molecule has 24 heavy (non-hydrogen) atoms. The van der Waals surface area contributed by atoms with Crippen LogP contribution in [0, 0.1) is 17.8 Å². The number of aromatic nitrogens is 2. The molecule has 1 aromatic rings. The van der Waals surface area contributed by atoms with E-state index in [1.807, 2.05) is 0 Å². The Bertz CT molecular complexity index is 445. The first kappa shape index (κ1) is 21.3. The predicted octanol–water partition coefficient (Wildman–Crippen LogP) is 6.91. The Labute approximate surface area is 151 Å². The molecule has 0 spiro atoms. The van der Waals surface area contributed by atoms with Gasteiger partial charge in [0, 0.05) is 23.7 Å². The molecule has 2 atom stereocenters. The number of H-pyrrole nitrogens is 1. The maximum atomic E-state index is 4.74. The van der Waals surface area contributed by atoms with Gasteiger partial charge in [0.25, 0.3) is 0 Å². The van der Waals surface area contributed by atoms with E-state index in [-0.39, 0.29) is 5.41 Å². The minimum atomic E-state index is 0.213. The van der Waals surface area contributed by atoms with Gasteiger partial charge in [-0.05, 0) is 30.6 Å². The fraction of sp³-hybridized carbons (Fsp3) is 0.864. The first-order valence-electron chi connectivity index (χ1n) is 10.3. The van der Waals surface area contributed by atoms with Crippen LogP contribution in [-0.4, -0.2) is 9.97 Å². The van der Waals surface area contributed by atoms with Crippen LogP contribution in [-0.2, 0) is 11.8 Å². The maximum absolute atomic E-state index is 4.74. The van der Waals surface area contributed by atoms with Crippen molar-refractivity contribution < 1.29 is 0 Å². The topological polar surface area (TPSA) is 28.7 Å². The van der Waals surface area contributed by atoms with Gasteiger partial charge in [-0.25, -0.2) is 4.98 Å². The number of imidazole rings is 1. The molecular formula is C22H42N2. The van der Waals surface area contributed by atoms with Crippen molar-refractivity contribution >= 4 is 0 Å². The minimum absolute atomic E-state index is 0.213. The third-order valence-electron chi connectivity index (χ3n) is 5.78. The quantitative estimate of drug-likeness (QED) is 0.413. The minimum Gasteiger partial charge on any atom is -0.345 e. The average molecular weight is 335 g/mol. The zero-order valence-electron chi connectivity index (χ0n) is 17.4. The lowest BCUT2D eigenvalue weighted by Crippen LogP contribution is -2.18. The van der Waals surface area contributed by atoms with Crippen LogP contribution < -0.4 is 0 Å². The molecule has 0 aromatic carbocycles. The Hall–Kier alpha value is -0.790. The van der Waals surface area contributed by atoms with Crippen LogP contribution in [0.1, 0.15) is 105 Å². The number of nitrogens with zero attached hydrogens (tertiary/aromatic N) is 1. The molecule has 0 bridgehead atoms. The molecule has 0 amide bonds. The highest BCUT2D eigenvalue weighted by Crippen LogP contribution is 2.30. The van der Waals surface area contributed by atoms with E-state index in [9.17, 15) is 0 Å². The second-order valence-electron chi connectivity index (χ2n) is 8.91. The Balaban J connectivity index is 2.71. The molecule has 1 heterocycles. The maximum Gasteiger partial charge on any atom is 0.106 e. The molecule has 0 fully saturated rings. The van der Waals surface area contributed by atoms with E-state index < -0.39 is 0 Å². The van der Waals surface area contributed by atoms with Gasteiger partial charge in [0.15, 0.2) is 0 Å². The molecule has 1 N–H and O–H groups in total. The number of nitrogens with one attached hydrogen (secondary N) is 1. The normalized spacial score (nSPS) is 15.0. The van der Waals surface area contributed by atoms with Gasteiger partial charge in [-0.15, -0.1) is 0 Å². The van der Waals surface area contributed by atoms with Crippen LogP contribution in [0.3, 0.4) is 0 Å². The van der Waals surface area contributed by atoms with Crippen molar-refractivity contribution in [2.75, 3.05) is 0 Å². The van der Waals surface area contributed by atoms with Gasteiger partial charge < -0.3 is 4.98 Å². The molecule has 0 saturated carbocycles. The summed E-state index contributed by atoms with van der Waals surface area (Å²) < 4.78 is 0. The molecule has 140 valence electrons. The third-order valence-corrected chi connectivity index (χ3v) is 5.78. The molecule has 0 aliphatic heterocycles. The van der Waals surface area contributed by atoms with Gasteiger partial charge in [0.2, 0.25) is 0 Å². The molecule has 0 saturated heterocycles. The third kappa shape index (κ3) is 6.99. The summed E-state index contributed by atoms with van der Waals surface area (Å²) in [5.74, 6) is 3.51. The molecule has 0 radical (unpaired) electrons. The summed E-state index contributed by atoms with van der Waals surface area (Å²) in [5.41, 5.74) is 1.53. The van der Waals surface area contributed by atoms with Crippen molar-refractivity contribution in [3.8, 4) is 0 Å². The fourth-order valence-corrected chi connectivity index (χ4v) is 3.48. The zero-order valence-corrected chi connectivity index (χ0v) is 17.4. The number of hydrogen-bond donors (Lipinski definition) is 1. The zero-order chi connectivity index (χ0) is 18.2. The van der Waals surface area contributed by atoms with Gasteiger partial charge in [0.1, 0.15) is 5.82 Å². The lowest BCUT2D eigenvalue weighted by atomic mass is 9.83. The van der Waals surface area contributed by atoms with E-state index in [2.05, 4.69) is 59.6 Å². The van der Waals surface area contributed by atoms with E-state index in [1.165, 1.54) is 56.5 Å². The Morgan fingerprint density at radius 1 is 1.08 bits per heavy atom.